The van der Waals surface area contributed by atoms with E-state index in [0.29, 0.717) is 13.0 Å². The number of carbonyl (C=O) groups excluding carboxylic acids is 3. The number of carboxylic acid groups (broad SMARTS) is 1. The Balaban J connectivity index is 4.78. The normalized spacial score (nSPS) is 13.3. The number of amides is 1. The first kappa shape index (κ1) is 18.2. The van der Waals surface area contributed by atoms with Crippen molar-refractivity contribution < 1.29 is 24.3 Å². The van der Waals surface area contributed by atoms with Gasteiger partial charge in [-0.25, -0.2) is 0 Å². The van der Waals surface area contributed by atoms with Crippen LogP contribution in [0.3, 0.4) is 0 Å². The highest BCUT2D eigenvalue weighted by atomic mass is 16.4. The topological polar surface area (TPSA) is 113 Å². The van der Waals surface area contributed by atoms with Gasteiger partial charge in [0.25, 0.3) is 0 Å². The van der Waals surface area contributed by atoms with Gasteiger partial charge in [0, 0.05) is 32.2 Å². The van der Waals surface area contributed by atoms with E-state index in [2.05, 4.69) is 10.6 Å². The van der Waals surface area contributed by atoms with Crippen molar-refractivity contribution in [2.45, 2.75) is 38.6 Å². The highest BCUT2D eigenvalue weighted by Crippen LogP contribution is 2.12. The van der Waals surface area contributed by atoms with Crippen molar-refractivity contribution in [1.82, 2.24) is 10.6 Å². The summed E-state index contributed by atoms with van der Waals surface area (Å²) < 4.78 is 0. The van der Waals surface area contributed by atoms with Crippen LogP contribution in [0.1, 0.15) is 32.6 Å². The zero-order valence-electron chi connectivity index (χ0n) is 11.8. The monoisotopic (exact) mass is 286 g/mol. The first-order valence-corrected chi connectivity index (χ1v) is 6.53. The van der Waals surface area contributed by atoms with Gasteiger partial charge in [-0.3, -0.25) is 14.4 Å². The number of nitrogens with one attached hydrogen (secondary N) is 2. The second-order valence-corrected chi connectivity index (χ2v) is 4.59. The molecule has 3 N–H and O–H groups in total. The number of carbonyl (C=O) groups is 4. The van der Waals surface area contributed by atoms with E-state index in [-0.39, 0.29) is 31.0 Å². The fourth-order valence-corrected chi connectivity index (χ4v) is 1.94. The number of ketones is 1. The van der Waals surface area contributed by atoms with Gasteiger partial charge in [-0.2, -0.15) is 0 Å². The van der Waals surface area contributed by atoms with Crippen molar-refractivity contribution in [3.05, 3.63) is 0 Å². The van der Waals surface area contributed by atoms with Crippen LogP contribution >= 0.6 is 0 Å². The first-order valence-electron chi connectivity index (χ1n) is 6.53. The summed E-state index contributed by atoms with van der Waals surface area (Å²) in [6, 6.07) is -0.825. The Labute approximate surface area is 118 Å². The average molecular weight is 286 g/mol. The van der Waals surface area contributed by atoms with Gasteiger partial charge in [0.05, 0.1) is 6.04 Å². The highest BCUT2D eigenvalue weighted by molar-refractivity contribution is 5.90. The lowest BCUT2D eigenvalue weighted by Gasteiger charge is -2.22. The molecule has 0 rings (SSSR count). The largest absolute Gasteiger partial charge is 0.481 e. The quantitative estimate of drug-likeness (QED) is 0.451. The van der Waals surface area contributed by atoms with Gasteiger partial charge in [-0.15, -0.1) is 0 Å². The van der Waals surface area contributed by atoms with E-state index in [1.165, 1.54) is 6.92 Å². The summed E-state index contributed by atoms with van der Waals surface area (Å²) in [5.41, 5.74) is 0. The molecule has 0 aromatic carbocycles. The van der Waals surface area contributed by atoms with Gasteiger partial charge >= 0.3 is 5.97 Å². The molecule has 0 heterocycles. The molecular formula is C13H22N2O5. The van der Waals surface area contributed by atoms with Gasteiger partial charge in [0.2, 0.25) is 5.91 Å². The minimum Gasteiger partial charge on any atom is -0.481 e. The minimum absolute atomic E-state index is 0.0506. The van der Waals surface area contributed by atoms with E-state index < -0.39 is 17.9 Å². The summed E-state index contributed by atoms with van der Waals surface area (Å²) in [5, 5.41) is 14.0. The fraction of sp³-hybridized carbons (Fsp3) is 0.692. The molecule has 0 aromatic rings. The van der Waals surface area contributed by atoms with Crippen LogP contribution in [0.2, 0.25) is 0 Å². The van der Waals surface area contributed by atoms with Gasteiger partial charge in [0.15, 0.2) is 5.78 Å². The van der Waals surface area contributed by atoms with Gasteiger partial charge in [0.1, 0.15) is 6.29 Å². The first-order chi connectivity index (χ1) is 9.42. The molecule has 20 heavy (non-hydrogen) atoms. The summed E-state index contributed by atoms with van der Waals surface area (Å²) in [5.74, 6) is -2.06. The predicted octanol–water partition coefficient (Wildman–Crippen LogP) is -0.260. The second-order valence-electron chi connectivity index (χ2n) is 4.59. The number of Topliss-reactive ketones (excluding diaryl/α,β-unsaturated/α-hetero) is 1. The Kier molecular flexibility index (Phi) is 9.19. The molecule has 0 fully saturated rings. The van der Waals surface area contributed by atoms with Gasteiger partial charge in [-0.05, 0) is 19.9 Å². The molecule has 2 atom stereocenters. The number of rotatable bonds is 11. The second kappa shape index (κ2) is 10.1. The Morgan fingerprint density at radius 1 is 1.25 bits per heavy atom. The van der Waals surface area contributed by atoms with Crippen LogP contribution in [0.4, 0.5) is 0 Å². The zero-order valence-corrected chi connectivity index (χ0v) is 11.8. The van der Waals surface area contributed by atoms with Gasteiger partial charge in [-0.1, -0.05) is 0 Å². The molecule has 0 aromatic heterocycles. The third-order valence-corrected chi connectivity index (χ3v) is 2.85. The van der Waals surface area contributed by atoms with E-state index in [1.54, 1.807) is 7.05 Å². The van der Waals surface area contributed by atoms with Crippen molar-refractivity contribution in [2.24, 2.45) is 5.92 Å². The van der Waals surface area contributed by atoms with E-state index >= 15 is 0 Å². The van der Waals surface area contributed by atoms with Crippen molar-refractivity contribution in [2.75, 3.05) is 13.6 Å². The van der Waals surface area contributed by atoms with Crippen molar-refractivity contribution in [3.8, 4) is 0 Å². The molecule has 7 heteroatoms. The van der Waals surface area contributed by atoms with E-state index in [4.69, 9.17) is 5.11 Å². The molecular weight excluding hydrogens is 264 g/mol. The molecule has 0 aliphatic heterocycles. The number of hydrogen-bond donors (Lipinski definition) is 3. The van der Waals surface area contributed by atoms with Crippen LogP contribution in [0.5, 0.6) is 0 Å². The lowest BCUT2D eigenvalue weighted by Crippen LogP contribution is -2.45. The van der Waals surface area contributed by atoms with Gasteiger partial charge < -0.3 is 20.5 Å². The highest BCUT2D eigenvalue weighted by Gasteiger charge is 2.27. The lowest BCUT2D eigenvalue weighted by molar-refractivity contribution is -0.138. The molecule has 0 saturated carbocycles. The number of aliphatic carboxylic acids is 1. The van der Waals surface area contributed by atoms with Crippen LogP contribution < -0.4 is 10.6 Å². The van der Waals surface area contributed by atoms with E-state index in [0.717, 1.165) is 6.29 Å². The Bertz CT molecular complexity index is 357. The van der Waals surface area contributed by atoms with Crippen molar-refractivity contribution in [1.29, 1.82) is 0 Å². The molecule has 0 bridgehead atoms. The maximum atomic E-state index is 12.3. The Morgan fingerprint density at radius 3 is 2.35 bits per heavy atom. The lowest BCUT2D eigenvalue weighted by atomic mass is 9.91. The molecule has 0 aliphatic carbocycles. The summed E-state index contributed by atoms with van der Waals surface area (Å²) in [4.78, 5) is 44.5. The van der Waals surface area contributed by atoms with Crippen LogP contribution in [0.25, 0.3) is 0 Å². The molecule has 0 saturated heterocycles. The fourth-order valence-electron chi connectivity index (χ4n) is 1.94. The zero-order chi connectivity index (χ0) is 15.5. The summed E-state index contributed by atoms with van der Waals surface area (Å²) in [7, 11) is 1.69. The maximum absolute atomic E-state index is 12.3. The third-order valence-electron chi connectivity index (χ3n) is 2.85. The standard InChI is InChI=1S/C13H22N2O5/c1-9(17)15-11(5-6-12(18)19)13(20)10(8-14-2)4-3-7-16/h7,10-11,14H,3-6,8H2,1-2H3,(H,15,17)(H,18,19). The summed E-state index contributed by atoms with van der Waals surface area (Å²) >= 11 is 0. The minimum atomic E-state index is -1.02. The molecule has 2 unspecified atom stereocenters. The van der Waals surface area contributed by atoms with E-state index in [9.17, 15) is 19.2 Å². The molecule has 0 radical (unpaired) electrons. The molecule has 7 nitrogen and oxygen atoms in total. The van der Waals surface area contributed by atoms with Crippen LogP contribution in [-0.2, 0) is 19.2 Å². The summed E-state index contributed by atoms with van der Waals surface area (Å²) in [6.07, 6.45) is 1.22. The third kappa shape index (κ3) is 7.63. The smallest absolute Gasteiger partial charge is 0.303 e. The van der Waals surface area contributed by atoms with Crippen LogP contribution in [-0.4, -0.2) is 48.7 Å². The Hall–Kier alpha value is -1.76. The number of carboxylic acids is 1. The maximum Gasteiger partial charge on any atom is 0.303 e. The van der Waals surface area contributed by atoms with Crippen molar-refractivity contribution in [3.63, 3.8) is 0 Å². The molecule has 1 amide bonds. The molecule has 0 aliphatic rings. The summed E-state index contributed by atoms with van der Waals surface area (Å²) in [6.45, 7) is 1.66. The van der Waals surface area contributed by atoms with Crippen molar-refractivity contribution >= 4 is 23.9 Å². The predicted molar refractivity (Wildman–Crippen MR) is 72.2 cm³/mol. The van der Waals surface area contributed by atoms with Crippen LogP contribution in [0.15, 0.2) is 0 Å². The molecule has 114 valence electrons. The van der Waals surface area contributed by atoms with E-state index in [1.807, 2.05) is 0 Å². The van der Waals surface area contributed by atoms with Crippen LogP contribution in [0, 0.1) is 5.92 Å². The average Bonchev–Trinajstić information content (AvgIpc) is 2.38. The Morgan fingerprint density at radius 2 is 1.90 bits per heavy atom. The molecule has 0 spiro atoms. The number of aldehydes is 1. The SMILES string of the molecule is CNCC(CCC=O)C(=O)C(CCC(=O)O)NC(C)=O. The number of hydrogen-bond acceptors (Lipinski definition) is 5.